The molecule has 57 heavy (non-hydrogen) atoms. The second-order valence-corrected chi connectivity index (χ2v) is 14.8. The van der Waals surface area contributed by atoms with Gasteiger partial charge in [0.05, 0.1) is 38.0 Å². The Kier molecular flexibility index (Phi) is 9.98. The van der Waals surface area contributed by atoms with Crippen molar-refractivity contribution >= 4 is 43.5 Å². The quantitative estimate of drug-likeness (QED) is 0.116. The number of rotatable bonds is 9. The van der Waals surface area contributed by atoms with E-state index < -0.39 is 0 Å². The molecule has 0 radical (unpaired) electrons. The van der Waals surface area contributed by atoms with Crippen LogP contribution in [-0.4, -0.2) is 19.6 Å². The molecule has 0 atom stereocenters. The van der Waals surface area contributed by atoms with E-state index in [2.05, 4.69) is 108 Å². The molecule has 3 aromatic heterocycles. The molecule has 0 aliphatic rings. The van der Waals surface area contributed by atoms with E-state index in [1.54, 1.807) is 11.3 Å². The minimum atomic E-state index is 0. The Labute approximate surface area is 348 Å². The first kappa shape index (κ1) is 36.3. The Balaban J connectivity index is 0.00000422. The molecule has 0 saturated heterocycles. The van der Waals surface area contributed by atoms with Gasteiger partial charge < -0.3 is 14.1 Å². The van der Waals surface area contributed by atoms with Gasteiger partial charge in [-0.2, -0.15) is 0 Å². The third kappa shape index (κ3) is 6.82. The van der Waals surface area contributed by atoms with Crippen LogP contribution in [0.5, 0.6) is 5.75 Å². The first-order chi connectivity index (χ1) is 27.7. The van der Waals surface area contributed by atoms with Crippen molar-refractivity contribution in [2.45, 2.75) is 12.8 Å². The summed E-state index contributed by atoms with van der Waals surface area (Å²) in [5, 5.41) is 15.3. The van der Waals surface area contributed by atoms with E-state index in [-0.39, 0.29) is 26.8 Å². The molecule has 0 spiro atoms. The maximum Gasteiger partial charge on any atom is 0.148 e. The molecule has 3 heterocycles. The van der Waals surface area contributed by atoms with Gasteiger partial charge in [0.25, 0.3) is 0 Å². The van der Waals surface area contributed by atoms with Crippen LogP contribution in [0.3, 0.4) is 0 Å². The molecule has 278 valence electrons. The van der Waals surface area contributed by atoms with Gasteiger partial charge in [0, 0.05) is 55.6 Å². The fourth-order valence-corrected chi connectivity index (χ4v) is 8.54. The van der Waals surface area contributed by atoms with Gasteiger partial charge in [0.1, 0.15) is 16.9 Å². The van der Waals surface area contributed by atoms with Crippen molar-refractivity contribution in [3.8, 4) is 56.3 Å². The van der Waals surface area contributed by atoms with Crippen LogP contribution in [0.4, 0.5) is 0 Å². The molecule has 7 heteroatoms. The van der Waals surface area contributed by atoms with Crippen LogP contribution in [0.25, 0.3) is 82.7 Å². The van der Waals surface area contributed by atoms with Crippen molar-refractivity contribution in [1.29, 1.82) is 0 Å². The van der Waals surface area contributed by atoms with Gasteiger partial charge in [0.15, 0.2) is 0 Å². The van der Waals surface area contributed by atoms with E-state index in [4.69, 9.17) is 14.4 Å². The molecule has 7 aromatic carbocycles. The normalized spacial score (nSPS) is 11.5. The second kappa shape index (κ2) is 15.7. The number of hydrogen-bond acceptors (Lipinski definition) is 5. The maximum atomic E-state index is 12.3. The monoisotopic (exact) mass is 935 g/mol. The molecule has 0 aliphatic carbocycles. The van der Waals surface area contributed by atoms with Crippen LogP contribution in [0.1, 0.15) is 10.6 Å². The Hall–Kier alpha value is -6.33. The van der Waals surface area contributed by atoms with Crippen LogP contribution >= 0.6 is 11.3 Å². The van der Waals surface area contributed by atoms with E-state index in [9.17, 15) is 5.11 Å². The number of fused-ring (bicyclic) bond motifs is 4. The number of thiazole rings is 1. The molecule has 0 bridgehead atoms. The molecule has 0 unspecified atom stereocenters. The van der Waals surface area contributed by atoms with Gasteiger partial charge in [-0.05, 0) is 47.4 Å². The summed E-state index contributed by atoms with van der Waals surface area (Å²) in [6.07, 6.45) is 7.53. The summed E-state index contributed by atoms with van der Waals surface area (Å²) in [6, 6.07) is 56.9. The molecular weight excluding hydrogens is 902 g/mol. The summed E-state index contributed by atoms with van der Waals surface area (Å²) in [6.45, 7) is 0. The van der Waals surface area contributed by atoms with Crippen molar-refractivity contribution in [2.75, 3.05) is 0 Å². The fourth-order valence-electron chi connectivity index (χ4n) is 7.60. The molecule has 10 rings (SSSR count). The van der Waals surface area contributed by atoms with Gasteiger partial charge in [-0.25, -0.2) is 4.98 Å². The van der Waals surface area contributed by atoms with Crippen LogP contribution in [0, 0.1) is 6.07 Å². The van der Waals surface area contributed by atoms with Gasteiger partial charge in [-0.3, -0.25) is 4.98 Å². The molecular formula is C50H34N3O2PtS-. The fraction of sp³-hybridized carbons (Fsp3) is 0.0400. The number of phenolic OH excluding ortho intramolecular Hbond substituents is 1. The van der Waals surface area contributed by atoms with Crippen molar-refractivity contribution in [3.63, 3.8) is 0 Å². The molecule has 0 aliphatic heterocycles. The summed E-state index contributed by atoms with van der Waals surface area (Å²) < 4.78 is 9.93. The summed E-state index contributed by atoms with van der Waals surface area (Å²) in [4.78, 5) is 10.2. The Morgan fingerprint density at radius 1 is 0.684 bits per heavy atom. The zero-order valence-electron chi connectivity index (χ0n) is 30.6. The minimum Gasteiger partial charge on any atom is -0.507 e. The molecule has 1 N–H and O–H groups in total. The average Bonchev–Trinajstić information content (AvgIpc) is 3.98. The van der Waals surface area contributed by atoms with Gasteiger partial charge in [-0.1, -0.05) is 121 Å². The van der Waals surface area contributed by atoms with Crippen LogP contribution in [0.15, 0.2) is 180 Å². The van der Waals surface area contributed by atoms with E-state index >= 15 is 0 Å². The largest absolute Gasteiger partial charge is 0.507 e. The topological polar surface area (TPSA) is 64.1 Å². The Morgan fingerprint density at radius 3 is 2.11 bits per heavy atom. The molecule has 5 nitrogen and oxygen atoms in total. The number of para-hydroxylation sites is 3. The molecule has 10 aromatic rings. The first-order valence-corrected chi connectivity index (χ1v) is 19.5. The third-order valence-electron chi connectivity index (χ3n) is 10.2. The second-order valence-electron chi connectivity index (χ2n) is 13.7. The van der Waals surface area contributed by atoms with Crippen LogP contribution < -0.4 is 0 Å². The minimum absolute atomic E-state index is 0. The summed E-state index contributed by atoms with van der Waals surface area (Å²) in [5.74, 6) is 0.847. The molecule has 0 amide bonds. The van der Waals surface area contributed by atoms with E-state index in [1.165, 1.54) is 4.70 Å². The predicted octanol–water partition coefficient (Wildman–Crippen LogP) is 12.9. The van der Waals surface area contributed by atoms with E-state index in [0.29, 0.717) is 29.1 Å². The van der Waals surface area contributed by atoms with E-state index in [1.807, 2.05) is 79.0 Å². The number of imidazole rings is 1. The maximum absolute atomic E-state index is 12.3. The third-order valence-corrected chi connectivity index (χ3v) is 11.3. The van der Waals surface area contributed by atoms with Crippen molar-refractivity contribution < 1.29 is 30.6 Å². The van der Waals surface area contributed by atoms with Crippen molar-refractivity contribution in [1.82, 2.24) is 14.5 Å². The van der Waals surface area contributed by atoms with Crippen molar-refractivity contribution in [3.05, 3.63) is 193 Å². The number of aromatic hydroxyl groups is 1. The molecule has 0 fully saturated rings. The summed E-state index contributed by atoms with van der Waals surface area (Å²) >= 11 is 1.71. The van der Waals surface area contributed by atoms with Crippen molar-refractivity contribution in [2.24, 2.45) is 0 Å². The number of nitrogens with zero attached hydrogens (tertiary/aromatic N) is 3. The van der Waals surface area contributed by atoms with Gasteiger partial charge >= 0.3 is 0 Å². The van der Waals surface area contributed by atoms with Gasteiger partial charge in [-0.15, -0.1) is 47.2 Å². The summed E-state index contributed by atoms with van der Waals surface area (Å²) in [5.41, 5.74) is 10.4. The molecule has 0 saturated carbocycles. The number of allylic oxidation sites excluding steroid dienone is 2. The Bertz CT molecular complexity index is 2950. The number of furan rings is 1. The zero-order valence-corrected chi connectivity index (χ0v) is 33.7. The smallest absolute Gasteiger partial charge is 0.148 e. The van der Waals surface area contributed by atoms with E-state index in [0.717, 1.165) is 72.4 Å². The van der Waals surface area contributed by atoms with Crippen LogP contribution in [-0.2, 0) is 33.9 Å². The van der Waals surface area contributed by atoms with Gasteiger partial charge in [0.2, 0.25) is 0 Å². The zero-order chi connectivity index (χ0) is 37.4. The first-order valence-electron chi connectivity index (χ1n) is 18.7. The predicted molar refractivity (Wildman–Crippen MR) is 229 cm³/mol. The van der Waals surface area contributed by atoms with Crippen LogP contribution in [0.2, 0.25) is 0 Å². The average molecular weight is 936 g/mol. The number of benzene rings is 7. The Morgan fingerprint density at radius 2 is 1.37 bits per heavy atom. The number of aromatic nitrogens is 3. The standard InChI is InChI=1S/C50H34N3O2S.Pt/c54-48-36(23-10-15-30-45-51-41-27-12-14-29-44(41)56-45)31-40-39-24-11-13-28-43(39)55-49(40)46(48)42-32-53(50(52-42)35-21-8-3-9-22-35)47-37(33-17-4-1-5-18-33)25-16-26-38(47)34-19-6-2-7-20-34;/h1-21,24-29,31-32,54H,23,30H2;/q-1;/b15-10+;. The number of phenols is 1. The SMILES string of the molecule is Oc1c(C/C=C/Cc2nc3ccccc3s2)cc2c(oc3ccccc32)c1-c1cn(-c2c(-c3ccccc3)cccc2-c2ccccc2)c(-c2[c-]cccc2)n1.[Pt]. The summed E-state index contributed by atoms with van der Waals surface area (Å²) in [7, 11) is 0. The number of hydrogen-bond donors (Lipinski definition) is 1.